The Morgan fingerprint density at radius 1 is 1.20 bits per heavy atom. The first-order valence-electron chi connectivity index (χ1n) is 8.29. The van der Waals surface area contributed by atoms with E-state index in [4.69, 9.17) is 9.47 Å². The van der Waals surface area contributed by atoms with Gasteiger partial charge in [-0.25, -0.2) is 0 Å². The maximum Gasteiger partial charge on any atom is 0.272 e. The Labute approximate surface area is 148 Å². The van der Waals surface area contributed by atoms with Crippen LogP contribution in [0.2, 0.25) is 0 Å². The molecule has 2 rings (SSSR count). The lowest BCUT2D eigenvalue weighted by Crippen LogP contribution is -2.28. The van der Waals surface area contributed by atoms with E-state index in [2.05, 4.69) is 17.2 Å². The highest BCUT2D eigenvalue weighted by Crippen LogP contribution is 2.31. The molecule has 0 bridgehead atoms. The summed E-state index contributed by atoms with van der Waals surface area (Å²) in [6.07, 6.45) is 3.65. The fraction of sp³-hybridized carbons (Fsp3) is 0.368. The molecule has 25 heavy (non-hydrogen) atoms. The predicted molar refractivity (Wildman–Crippen MR) is 98.9 cm³/mol. The van der Waals surface area contributed by atoms with Crippen LogP contribution >= 0.6 is 0 Å². The zero-order chi connectivity index (χ0) is 18.2. The topological polar surface area (TPSA) is 63.7 Å². The van der Waals surface area contributed by atoms with Crippen molar-refractivity contribution in [2.45, 2.75) is 19.8 Å². The number of nitrogens with one attached hydrogen (secondary N) is 1. The molecule has 0 saturated heterocycles. The second kappa shape index (κ2) is 8.92. The second-order valence-electron chi connectivity index (χ2n) is 5.70. The van der Waals surface area contributed by atoms with Gasteiger partial charge < -0.3 is 19.7 Å². The van der Waals surface area contributed by atoms with Crippen molar-refractivity contribution in [2.24, 2.45) is 0 Å². The summed E-state index contributed by atoms with van der Waals surface area (Å²) in [7, 11) is 5.01. The van der Waals surface area contributed by atoms with E-state index < -0.39 is 0 Å². The molecular formula is C19H25N3O3. The minimum Gasteiger partial charge on any atom is -0.497 e. The van der Waals surface area contributed by atoms with Gasteiger partial charge in [-0.2, -0.15) is 0 Å². The summed E-state index contributed by atoms with van der Waals surface area (Å²) >= 11 is 0. The van der Waals surface area contributed by atoms with Gasteiger partial charge in [0.15, 0.2) is 0 Å². The van der Waals surface area contributed by atoms with Crippen LogP contribution < -0.4 is 14.8 Å². The van der Waals surface area contributed by atoms with E-state index in [9.17, 15) is 4.79 Å². The first-order chi connectivity index (χ1) is 12.1. The van der Waals surface area contributed by atoms with E-state index in [1.807, 2.05) is 18.2 Å². The Morgan fingerprint density at radius 3 is 2.68 bits per heavy atom. The van der Waals surface area contributed by atoms with Crippen molar-refractivity contribution in [3.8, 4) is 11.5 Å². The SMILES string of the molecule is CCCCN(C)C(=O)c1cc(Nc2ccc(OC)cc2OC)ccn1. The molecule has 134 valence electrons. The van der Waals surface area contributed by atoms with Gasteiger partial charge in [-0.1, -0.05) is 13.3 Å². The maximum absolute atomic E-state index is 12.5. The van der Waals surface area contributed by atoms with Gasteiger partial charge in [0.05, 0.1) is 19.9 Å². The molecule has 1 aromatic carbocycles. The number of hydrogen-bond acceptors (Lipinski definition) is 5. The van der Waals surface area contributed by atoms with Crippen LogP contribution in [0.1, 0.15) is 30.3 Å². The Morgan fingerprint density at radius 2 is 2.00 bits per heavy atom. The molecule has 1 N–H and O–H groups in total. The molecule has 0 fully saturated rings. The summed E-state index contributed by atoms with van der Waals surface area (Å²) < 4.78 is 10.6. The van der Waals surface area contributed by atoms with Crippen LogP contribution in [-0.4, -0.2) is 43.6 Å². The van der Waals surface area contributed by atoms with Gasteiger partial charge in [0.25, 0.3) is 5.91 Å². The Balaban J connectivity index is 2.18. The van der Waals surface area contributed by atoms with Gasteiger partial charge in [-0.15, -0.1) is 0 Å². The van der Waals surface area contributed by atoms with Gasteiger partial charge in [0.1, 0.15) is 17.2 Å². The monoisotopic (exact) mass is 343 g/mol. The zero-order valence-electron chi connectivity index (χ0n) is 15.2. The number of anilines is 2. The van der Waals surface area contributed by atoms with E-state index in [0.29, 0.717) is 17.2 Å². The molecule has 0 aliphatic heterocycles. The fourth-order valence-electron chi connectivity index (χ4n) is 2.37. The minimum absolute atomic E-state index is 0.0844. The molecular weight excluding hydrogens is 318 g/mol. The zero-order valence-corrected chi connectivity index (χ0v) is 15.2. The predicted octanol–water partition coefficient (Wildman–Crippen LogP) is 3.71. The fourth-order valence-corrected chi connectivity index (χ4v) is 2.37. The van der Waals surface area contributed by atoms with Gasteiger partial charge in [-0.3, -0.25) is 9.78 Å². The maximum atomic E-state index is 12.5. The van der Waals surface area contributed by atoms with E-state index in [1.54, 1.807) is 44.5 Å². The van der Waals surface area contributed by atoms with Crippen LogP contribution in [0.25, 0.3) is 0 Å². The molecule has 0 aliphatic rings. The van der Waals surface area contributed by atoms with Gasteiger partial charge in [0, 0.05) is 31.5 Å². The molecule has 2 aromatic rings. The lowest BCUT2D eigenvalue weighted by Gasteiger charge is -2.17. The van der Waals surface area contributed by atoms with Gasteiger partial charge in [-0.05, 0) is 30.7 Å². The molecule has 1 amide bonds. The van der Waals surface area contributed by atoms with Crippen molar-refractivity contribution in [1.82, 2.24) is 9.88 Å². The molecule has 6 heteroatoms. The molecule has 0 spiro atoms. The summed E-state index contributed by atoms with van der Waals surface area (Å²) in [6, 6.07) is 9.07. The average molecular weight is 343 g/mol. The van der Waals surface area contributed by atoms with Crippen LogP contribution in [0.5, 0.6) is 11.5 Å². The Bertz CT molecular complexity index is 719. The molecule has 0 unspecified atom stereocenters. The third-order valence-electron chi connectivity index (χ3n) is 3.86. The van der Waals surface area contributed by atoms with Gasteiger partial charge >= 0.3 is 0 Å². The number of methoxy groups -OCH3 is 2. The van der Waals surface area contributed by atoms with Crippen LogP contribution in [-0.2, 0) is 0 Å². The van der Waals surface area contributed by atoms with Crippen LogP contribution in [0.15, 0.2) is 36.5 Å². The number of hydrogen-bond donors (Lipinski definition) is 1. The number of ether oxygens (including phenoxy) is 2. The molecule has 0 radical (unpaired) electrons. The summed E-state index contributed by atoms with van der Waals surface area (Å²) in [4.78, 5) is 18.4. The summed E-state index contributed by atoms with van der Waals surface area (Å²) in [5.41, 5.74) is 1.97. The van der Waals surface area contributed by atoms with Crippen LogP contribution in [0.4, 0.5) is 11.4 Å². The molecule has 0 saturated carbocycles. The first-order valence-corrected chi connectivity index (χ1v) is 8.29. The van der Waals surface area contributed by atoms with E-state index in [-0.39, 0.29) is 5.91 Å². The van der Waals surface area contributed by atoms with E-state index >= 15 is 0 Å². The van der Waals surface area contributed by atoms with Crippen molar-refractivity contribution in [2.75, 3.05) is 33.1 Å². The van der Waals surface area contributed by atoms with Crippen molar-refractivity contribution in [1.29, 1.82) is 0 Å². The van der Waals surface area contributed by atoms with Crippen LogP contribution in [0.3, 0.4) is 0 Å². The highest BCUT2D eigenvalue weighted by molar-refractivity contribution is 5.93. The first kappa shape index (κ1) is 18.6. The number of benzene rings is 1. The normalized spacial score (nSPS) is 10.2. The standard InChI is InChI=1S/C19H25N3O3/c1-5-6-11-22(2)19(23)17-12-14(9-10-20-17)21-16-8-7-15(24-3)13-18(16)25-4/h7-10,12-13H,5-6,11H2,1-4H3,(H,20,21). The van der Waals surface area contributed by atoms with Crippen molar-refractivity contribution >= 4 is 17.3 Å². The van der Waals surface area contributed by atoms with Crippen molar-refractivity contribution in [3.05, 3.63) is 42.2 Å². The summed E-state index contributed by atoms with van der Waals surface area (Å²) in [5.74, 6) is 1.29. The number of nitrogens with zero attached hydrogens (tertiary/aromatic N) is 2. The number of carbonyl (C=O) groups excluding carboxylic acids is 1. The number of unbranched alkanes of at least 4 members (excludes halogenated alkanes) is 1. The third kappa shape index (κ3) is 4.86. The third-order valence-corrected chi connectivity index (χ3v) is 3.86. The highest BCUT2D eigenvalue weighted by atomic mass is 16.5. The van der Waals surface area contributed by atoms with Gasteiger partial charge in [0.2, 0.25) is 0 Å². The smallest absolute Gasteiger partial charge is 0.272 e. The number of pyridine rings is 1. The molecule has 0 atom stereocenters. The highest BCUT2D eigenvalue weighted by Gasteiger charge is 2.13. The number of carbonyl (C=O) groups is 1. The van der Waals surface area contributed by atoms with Crippen molar-refractivity contribution < 1.29 is 14.3 Å². The summed E-state index contributed by atoms with van der Waals surface area (Å²) in [5, 5.41) is 3.26. The Hall–Kier alpha value is -2.76. The largest absolute Gasteiger partial charge is 0.497 e. The summed E-state index contributed by atoms with van der Waals surface area (Å²) in [6.45, 7) is 2.82. The average Bonchev–Trinajstić information content (AvgIpc) is 2.66. The minimum atomic E-state index is -0.0844. The van der Waals surface area contributed by atoms with Crippen molar-refractivity contribution in [3.63, 3.8) is 0 Å². The molecule has 6 nitrogen and oxygen atoms in total. The van der Waals surface area contributed by atoms with Crippen LogP contribution in [0, 0.1) is 0 Å². The number of amides is 1. The lowest BCUT2D eigenvalue weighted by molar-refractivity contribution is 0.0787. The van der Waals surface area contributed by atoms with E-state index in [1.165, 1.54) is 0 Å². The molecule has 1 aromatic heterocycles. The quantitative estimate of drug-likeness (QED) is 0.791. The lowest BCUT2D eigenvalue weighted by atomic mass is 10.2. The second-order valence-corrected chi connectivity index (χ2v) is 5.70. The van der Waals surface area contributed by atoms with E-state index in [0.717, 1.165) is 30.8 Å². The number of rotatable bonds is 8. The number of aromatic nitrogens is 1. The molecule has 1 heterocycles. The molecule has 0 aliphatic carbocycles. The Kier molecular flexibility index (Phi) is 6.62.